The third-order valence-corrected chi connectivity index (χ3v) is 6.08. The molecule has 0 bridgehead atoms. The van der Waals surface area contributed by atoms with E-state index >= 15 is 0 Å². The summed E-state index contributed by atoms with van der Waals surface area (Å²) in [6.07, 6.45) is 4.95. The fourth-order valence-electron chi connectivity index (χ4n) is 4.19. The number of rotatable bonds is 8. The van der Waals surface area contributed by atoms with Crippen LogP contribution in [0.4, 0.5) is 5.82 Å². The lowest BCUT2D eigenvalue weighted by Crippen LogP contribution is -2.46. The molecule has 3 heterocycles. The first-order chi connectivity index (χ1) is 15.8. The smallest absolute Gasteiger partial charge is 0.191 e. The summed E-state index contributed by atoms with van der Waals surface area (Å²) < 4.78 is 0. The van der Waals surface area contributed by atoms with Gasteiger partial charge in [0.2, 0.25) is 0 Å². The third kappa shape index (κ3) is 5.59. The molecule has 0 spiro atoms. The molecule has 1 aliphatic rings. The van der Waals surface area contributed by atoms with Gasteiger partial charge >= 0.3 is 0 Å². The quantitative estimate of drug-likeness (QED) is 0.376. The molecule has 0 unspecified atom stereocenters. The van der Waals surface area contributed by atoms with Crippen LogP contribution in [0, 0.1) is 0 Å². The molecular weight excluding hydrogens is 398 g/mol. The number of aliphatic imine (C=N–C) groups is 1. The van der Waals surface area contributed by atoms with Crippen LogP contribution in [0.2, 0.25) is 0 Å². The normalized spacial score (nSPS) is 15.3. The molecule has 3 N–H and O–H groups in total. The van der Waals surface area contributed by atoms with E-state index in [4.69, 9.17) is 4.99 Å². The predicted octanol–water partition coefficient (Wildman–Crippen LogP) is 3.00. The molecule has 32 heavy (non-hydrogen) atoms. The molecule has 0 saturated carbocycles. The van der Waals surface area contributed by atoms with Gasteiger partial charge in [0, 0.05) is 62.6 Å². The molecule has 7 nitrogen and oxygen atoms in total. The van der Waals surface area contributed by atoms with Crippen LogP contribution in [0.5, 0.6) is 0 Å². The maximum atomic E-state index is 4.81. The summed E-state index contributed by atoms with van der Waals surface area (Å²) in [6, 6.07) is 12.7. The van der Waals surface area contributed by atoms with Crippen LogP contribution in [-0.4, -0.2) is 66.6 Å². The minimum absolute atomic E-state index is 0.632. The highest BCUT2D eigenvalue weighted by Crippen LogP contribution is 2.18. The second-order valence-corrected chi connectivity index (χ2v) is 8.18. The van der Waals surface area contributed by atoms with E-state index in [0.717, 1.165) is 64.0 Å². The van der Waals surface area contributed by atoms with Gasteiger partial charge in [-0.1, -0.05) is 25.1 Å². The molecule has 0 aliphatic carbocycles. The lowest BCUT2D eigenvalue weighted by Gasteiger charge is -2.34. The zero-order valence-corrected chi connectivity index (χ0v) is 19.3. The molecule has 1 saturated heterocycles. The van der Waals surface area contributed by atoms with Crippen LogP contribution in [0.15, 0.2) is 53.8 Å². The molecule has 1 aliphatic heterocycles. The van der Waals surface area contributed by atoms with Crippen molar-refractivity contribution in [3.63, 3.8) is 0 Å². The second-order valence-electron chi connectivity index (χ2n) is 8.18. The first-order valence-corrected chi connectivity index (χ1v) is 11.8. The number of benzene rings is 1. The van der Waals surface area contributed by atoms with Crippen molar-refractivity contribution in [2.45, 2.75) is 26.8 Å². The Kier molecular flexibility index (Phi) is 7.61. The van der Waals surface area contributed by atoms with Crippen molar-refractivity contribution in [1.82, 2.24) is 25.5 Å². The van der Waals surface area contributed by atoms with Gasteiger partial charge in [0.15, 0.2) is 5.96 Å². The van der Waals surface area contributed by atoms with Crippen LogP contribution in [0.3, 0.4) is 0 Å². The summed E-state index contributed by atoms with van der Waals surface area (Å²) >= 11 is 0. The maximum absolute atomic E-state index is 4.81. The van der Waals surface area contributed by atoms with E-state index in [1.165, 1.54) is 22.0 Å². The standard InChI is InChI=1S/C25H35N7/c1-3-26-25(28-12-10-21-19-29-23-8-6-5-7-22(21)23)30-18-20-9-11-27-24(17-20)32-15-13-31(4-2)14-16-32/h5-9,11,17,19,29H,3-4,10,12-16,18H2,1-2H3,(H2,26,28,30). The molecule has 1 fully saturated rings. The van der Waals surface area contributed by atoms with Crippen molar-refractivity contribution in [1.29, 1.82) is 0 Å². The van der Waals surface area contributed by atoms with Gasteiger partial charge in [-0.3, -0.25) is 0 Å². The average Bonchev–Trinajstić information content (AvgIpc) is 3.26. The number of hydrogen-bond acceptors (Lipinski definition) is 4. The van der Waals surface area contributed by atoms with Gasteiger partial charge in [-0.25, -0.2) is 9.98 Å². The Hall–Kier alpha value is -3.06. The van der Waals surface area contributed by atoms with E-state index in [-0.39, 0.29) is 0 Å². The SMILES string of the molecule is CCNC(=NCc1ccnc(N2CCN(CC)CC2)c1)NCCc1c[nH]c2ccccc12. The maximum Gasteiger partial charge on any atom is 0.191 e. The molecule has 0 amide bonds. The first kappa shape index (κ1) is 22.1. The number of pyridine rings is 1. The number of nitrogens with one attached hydrogen (secondary N) is 3. The van der Waals surface area contributed by atoms with Crippen LogP contribution >= 0.6 is 0 Å². The Bertz CT molecular complexity index is 1020. The van der Waals surface area contributed by atoms with Crippen molar-refractivity contribution in [3.05, 3.63) is 59.9 Å². The van der Waals surface area contributed by atoms with E-state index < -0.39 is 0 Å². The number of H-pyrrole nitrogens is 1. The van der Waals surface area contributed by atoms with E-state index in [1.54, 1.807) is 0 Å². The highest BCUT2D eigenvalue weighted by Gasteiger charge is 2.16. The minimum Gasteiger partial charge on any atom is -0.361 e. The van der Waals surface area contributed by atoms with E-state index in [0.29, 0.717) is 6.54 Å². The fraction of sp³-hybridized carbons (Fsp3) is 0.440. The van der Waals surface area contributed by atoms with Crippen molar-refractivity contribution < 1.29 is 0 Å². The molecule has 1 aromatic carbocycles. The Morgan fingerprint density at radius 3 is 2.75 bits per heavy atom. The van der Waals surface area contributed by atoms with Crippen LogP contribution in [0.25, 0.3) is 10.9 Å². The van der Waals surface area contributed by atoms with Crippen molar-refractivity contribution in [3.8, 4) is 0 Å². The summed E-state index contributed by atoms with van der Waals surface area (Å²) in [7, 11) is 0. The molecule has 2 aromatic heterocycles. The number of guanidine groups is 1. The Morgan fingerprint density at radius 2 is 1.94 bits per heavy atom. The third-order valence-electron chi connectivity index (χ3n) is 6.08. The van der Waals surface area contributed by atoms with Gasteiger partial charge in [0.1, 0.15) is 5.82 Å². The van der Waals surface area contributed by atoms with E-state index in [9.17, 15) is 0 Å². The highest BCUT2D eigenvalue weighted by molar-refractivity contribution is 5.83. The van der Waals surface area contributed by atoms with Crippen molar-refractivity contribution in [2.24, 2.45) is 4.99 Å². The summed E-state index contributed by atoms with van der Waals surface area (Å²) in [5.41, 5.74) is 3.69. The molecule has 170 valence electrons. The van der Waals surface area contributed by atoms with E-state index in [2.05, 4.69) is 86.8 Å². The number of aromatic amines is 1. The largest absolute Gasteiger partial charge is 0.361 e. The fourth-order valence-corrected chi connectivity index (χ4v) is 4.19. The van der Waals surface area contributed by atoms with Gasteiger partial charge in [-0.05, 0) is 49.2 Å². The number of fused-ring (bicyclic) bond motifs is 1. The van der Waals surface area contributed by atoms with Gasteiger partial charge < -0.3 is 25.4 Å². The molecule has 3 aromatic rings. The Balaban J connectivity index is 1.33. The number of likely N-dealkylation sites (N-methyl/N-ethyl adjacent to an activating group) is 1. The lowest BCUT2D eigenvalue weighted by atomic mass is 10.1. The molecule has 4 rings (SSSR count). The number of anilines is 1. The predicted molar refractivity (Wildman–Crippen MR) is 133 cm³/mol. The topological polar surface area (TPSA) is 71.6 Å². The summed E-state index contributed by atoms with van der Waals surface area (Å²) in [5.74, 6) is 1.91. The summed E-state index contributed by atoms with van der Waals surface area (Å²) in [4.78, 5) is 17.6. The summed E-state index contributed by atoms with van der Waals surface area (Å²) in [5, 5.41) is 8.13. The highest BCUT2D eigenvalue weighted by atomic mass is 15.3. The Labute approximate surface area is 190 Å². The number of nitrogens with zero attached hydrogens (tertiary/aromatic N) is 4. The minimum atomic E-state index is 0.632. The zero-order chi connectivity index (χ0) is 22.2. The molecule has 7 heteroatoms. The van der Waals surface area contributed by atoms with Gasteiger partial charge in [-0.15, -0.1) is 0 Å². The van der Waals surface area contributed by atoms with Gasteiger partial charge in [0.05, 0.1) is 6.54 Å². The van der Waals surface area contributed by atoms with E-state index in [1.807, 2.05) is 6.20 Å². The first-order valence-electron chi connectivity index (χ1n) is 11.8. The molecule has 0 radical (unpaired) electrons. The molecular formula is C25H35N7. The van der Waals surface area contributed by atoms with Crippen molar-refractivity contribution in [2.75, 3.05) is 50.7 Å². The number of para-hydroxylation sites is 1. The number of piperazine rings is 1. The average molecular weight is 434 g/mol. The van der Waals surface area contributed by atoms with Crippen molar-refractivity contribution >= 4 is 22.7 Å². The monoisotopic (exact) mass is 433 g/mol. The lowest BCUT2D eigenvalue weighted by molar-refractivity contribution is 0.270. The van der Waals surface area contributed by atoms with Crippen LogP contribution in [0.1, 0.15) is 25.0 Å². The second kappa shape index (κ2) is 11.0. The van der Waals surface area contributed by atoms with Crippen LogP contribution in [-0.2, 0) is 13.0 Å². The van der Waals surface area contributed by atoms with Gasteiger partial charge in [-0.2, -0.15) is 0 Å². The number of aromatic nitrogens is 2. The van der Waals surface area contributed by atoms with Gasteiger partial charge in [0.25, 0.3) is 0 Å². The Morgan fingerprint density at radius 1 is 1.09 bits per heavy atom. The number of hydrogen-bond donors (Lipinski definition) is 3. The molecule has 0 atom stereocenters. The summed E-state index contributed by atoms with van der Waals surface area (Å²) in [6.45, 7) is 12.0. The zero-order valence-electron chi connectivity index (χ0n) is 19.3. The van der Waals surface area contributed by atoms with Crippen LogP contribution < -0.4 is 15.5 Å².